The summed E-state index contributed by atoms with van der Waals surface area (Å²) in [7, 11) is 0. The summed E-state index contributed by atoms with van der Waals surface area (Å²) in [5.41, 5.74) is 5.90. The van der Waals surface area contributed by atoms with Gasteiger partial charge in [-0.25, -0.2) is 0 Å². The lowest BCUT2D eigenvalue weighted by Crippen LogP contribution is -2.48. The molecule has 3 N–H and O–H groups in total. The molecule has 2 fully saturated rings. The molecule has 0 radical (unpaired) electrons. The molecule has 2 aliphatic rings. The minimum atomic E-state index is -0.351. The highest BCUT2D eigenvalue weighted by Gasteiger charge is 2.30. The van der Waals surface area contributed by atoms with Crippen LogP contribution in [0.4, 0.5) is 0 Å². The van der Waals surface area contributed by atoms with Gasteiger partial charge in [0.1, 0.15) is 0 Å². The van der Waals surface area contributed by atoms with Gasteiger partial charge in [-0.2, -0.15) is 0 Å². The molecule has 1 aliphatic carbocycles. The van der Waals surface area contributed by atoms with Crippen LogP contribution in [0.25, 0.3) is 0 Å². The van der Waals surface area contributed by atoms with Crippen LogP contribution in [0.1, 0.15) is 57.8 Å². The van der Waals surface area contributed by atoms with E-state index in [-0.39, 0.29) is 23.9 Å². The maximum atomic E-state index is 12.0. The molecule has 1 heterocycles. The number of hydrogen-bond donors (Lipinski definition) is 2. The summed E-state index contributed by atoms with van der Waals surface area (Å²) in [4.78, 5) is 25.7. The van der Waals surface area contributed by atoms with Crippen LogP contribution in [-0.4, -0.2) is 41.9 Å². The molecule has 20 heavy (non-hydrogen) atoms. The highest BCUT2D eigenvalue weighted by molar-refractivity contribution is 5.85. The van der Waals surface area contributed by atoms with Crippen molar-refractivity contribution in [2.75, 3.05) is 19.6 Å². The van der Waals surface area contributed by atoms with E-state index in [1.54, 1.807) is 0 Å². The Hall–Kier alpha value is -1.10. The summed E-state index contributed by atoms with van der Waals surface area (Å²) in [6.07, 6.45) is 8.96. The van der Waals surface area contributed by atoms with Gasteiger partial charge in [0.2, 0.25) is 11.8 Å². The Bertz CT molecular complexity index is 345. The van der Waals surface area contributed by atoms with E-state index in [0.29, 0.717) is 6.42 Å². The lowest BCUT2D eigenvalue weighted by molar-refractivity contribution is -0.133. The van der Waals surface area contributed by atoms with E-state index in [1.807, 2.05) is 4.90 Å². The smallest absolute Gasteiger partial charge is 0.241 e. The predicted molar refractivity (Wildman–Crippen MR) is 78.1 cm³/mol. The van der Waals surface area contributed by atoms with E-state index in [4.69, 9.17) is 5.73 Å². The molecule has 2 rings (SSSR count). The first-order chi connectivity index (χ1) is 9.59. The van der Waals surface area contributed by atoms with Crippen LogP contribution < -0.4 is 11.1 Å². The molecule has 0 bridgehead atoms. The molecule has 1 saturated carbocycles. The summed E-state index contributed by atoms with van der Waals surface area (Å²) in [5.74, 6) is -0.0486. The quantitative estimate of drug-likeness (QED) is 0.812. The van der Waals surface area contributed by atoms with Gasteiger partial charge in [0.15, 0.2) is 0 Å². The van der Waals surface area contributed by atoms with Crippen LogP contribution in [0, 0.1) is 0 Å². The normalized spacial score (nSPS) is 22.4. The van der Waals surface area contributed by atoms with Crippen molar-refractivity contribution in [2.45, 2.75) is 63.3 Å². The zero-order chi connectivity index (χ0) is 14.4. The molecule has 1 aliphatic heterocycles. The SMILES string of the molecule is NC1(CC(=O)NCC(=O)N2CCCCC2)CCCCC1. The molecular formula is C15H27N3O2. The zero-order valence-electron chi connectivity index (χ0n) is 12.3. The minimum Gasteiger partial charge on any atom is -0.347 e. The fourth-order valence-corrected chi connectivity index (χ4v) is 3.24. The number of carbonyl (C=O) groups is 2. The third kappa shape index (κ3) is 4.47. The summed E-state index contributed by atoms with van der Waals surface area (Å²) in [5, 5.41) is 2.74. The Morgan fingerprint density at radius 1 is 1.00 bits per heavy atom. The molecule has 0 spiro atoms. The minimum absolute atomic E-state index is 0.0350. The van der Waals surface area contributed by atoms with Crippen LogP contribution in [0.15, 0.2) is 0 Å². The van der Waals surface area contributed by atoms with E-state index in [0.717, 1.165) is 51.6 Å². The highest BCUT2D eigenvalue weighted by Crippen LogP contribution is 2.28. The first kappa shape index (κ1) is 15.3. The average molecular weight is 281 g/mol. The van der Waals surface area contributed by atoms with Crippen LogP contribution >= 0.6 is 0 Å². The molecule has 5 nitrogen and oxygen atoms in total. The number of hydrogen-bond acceptors (Lipinski definition) is 3. The van der Waals surface area contributed by atoms with Gasteiger partial charge in [-0.1, -0.05) is 19.3 Å². The lowest BCUT2D eigenvalue weighted by atomic mass is 9.80. The molecule has 0 aromatic rings. The van der Waals surface area contributed by atoms with Crippen LogP contribution in [0.5, 0.6) is 0 Å². The van der Waals surface area contributed by atoms with Crippen molar-refractivity contribution in [1.29, 1.82) is 0 Å². The van der Waals surface area contributed by atoms with Crippen LogP contribution in [-0.2, 0) is 9.59 Å². The van der Waals surface area contributed by atoms with Gasteiger partial charge in [0, 0.05) is 25.0 Å². The molecule has 2 amide bonds. The maximum Gasteiger partial charge on any atom is 0.241 e. The molecule has 0 atom stereocenters. The first-order valence-electron chi connectivity index (χ1n) is 7.92. The number of carbonyl (C=O) groups excluding carboxylic acids is 2. The van der Waals surface area contributed by atoms with E-state index in [2.05, 4.69) is 5.32 Å². The van der Waals surface area contributed by atoms with Gasteiger partial charge >= 0.3 is 0 Å². The van der Waals surface area contributed by atoms with Crippen molar-refractivity contribution in [1.82, 2.24) is 10.2 Å². The van der Waals surface area contributed by atoms with E-state index in [9.17, 15) is 9.59 Å². The van der Waals surface area contributed by atoms with Crippen molar-refractivity contribution < 1.29 is 9.59 Å². The Labute approximate surface area is 121 Å². The molecule has 0 aromatic carbocycles. The van der Waals surface area contributed by atoms with Crippen molar-refractivity contribution >= 4 is 11.8 Å². The van der Waals surface area contributed by atoms with Gasteiger partial charge in [-0.3, -0.25) is 9.59 Å². The van der Waals surface area contributed by atoms with Gasteiger partial charge < -0.3 is 16.0 Å². The van der Waals surface area contributed by atoms with E-state index in [1.165, 1.54) is 12.8 Å². The summed E-state index contributed by atoms with van der Waals surface area (Å²) >= 11 is 0. The second kappa shape index (κ2) is 7.07. The second-order valence-electron chi connectivity index (χ2n) is 6.32. The zero-order valence-corrected chi connectivity index (χ0v) is 12.3. The Balaban J connectivity index is 1.70. The van der Waals surface area contributed by atoms with Crippen molar-refractivity contribution in [3.63, 3.8) is 0 Å². The fraction of sp³-hybridized carbons (Fsp3) is 0.867. The number of nitrogens with two attached hydrogens (primary N) is 1. The third-order valence-electron chi connectivity index (χ3n) is 4.51. The first-order valence-corrected chi connectivity index (χ1v) is 7.92. The Kier molecular flexibility index (Phi) is 5.40. The van der Waals surface area contributed by atoms with Gasteiger partial charge in [0.25, 0.3) is 0 Å². The van der Waals surface area contributed by atoms with Crippen LogP contribution in [0.2, 0.25) is 0 Å². The fourth-order valence-electron chi connectivity index (χ4n) is 3.24. The van der Waals surface area contributed by atoms with Crippen molar-refractivity contribution in [3.8, 4) is 0 Å². The monoisotopic (exact) mass is 281 g/mol. The summed E-state index contributed by atoms with van der Waals surface area (Å²) < 4.78 is 0. The second-order valence-corrected chi connectivity index (χ2v) is 6.32. The number of piperidine rings is 1. The van der Waals surface area contributed by atoms with E-state index < -0.39 is 0 Å². The van der Waals surface area contributed by atoms with Crippen LogP contribution in [0.3, 0.4) is 0 Å². The van der Waals surface area contributed by atoms with Gasteiger partial charge in [0.05, 0.1) is 6.54 Å². The number of rotatable bonds is 4. The molecular weight excluding hydrogens is 254 g/mol. The third-order valence-corrected chi connectivity index (χ3v) is 4.51. The molecule has 5 heteroatoms. The van der Waals surface area contributed by atoms with Gasteiger partial charge in [-0.15, -0.1) is 0 Å². The van der Waals surface area contributed by atoms with Gasteiger partial charge in [-0.05, 0) is 32.1 Å². The average Bonchev–Trinajstić information content (AvgIpc) is 2.46. The predicted octanol–water partition coefficient (Wildman–Crippen LogP) is 1.17. The molecule has 114 valence electrons. The van der Waals surface area contributed by atoms with Crippen molar-refractivity contribution in [3.05, 3.63) is 0 Å². The Morgan fingerprint density at radius 2 is 1.60 bits per heavy atom. The largest absolute Gasteiger partial charge is 0.347 e. The summed E-state index contributed by atoms with van der Waals surface area (Å²) in [6.45, 7) is 1.78. The molecule has 1 saturated heterocycles. The number of amides is 2. The highest BCUT2D eigenvalue weighted by atomic mass is 16.2. The molecule has 0 unspecified atom stereocenters. The van der Waals surface area contributed by atoms with Crippen molar-refractivity contribution in [2.24, 2.45) is 5.73 Å². The topological polar surface area (TPSA) is 75.4 Å². The number of nitrogens with one attached hydrogen (secondary N) is 1. The Morgan fingerprint density at radius 3 is 2.25 bits per heavy atom. The standard InChI is InChI=1S/C15H27N3O2/c16-15(7-3-1-4-8-15)11-13(19)17-12-14(20)18-9-5-2-6-10-18/h1-12,16H2,(H,17,19). The number of nitrogens with zero attached hydrogens (tertiary/aromatic N) is 1. The lowest BCUT2D eigenvalue weighted by Gasteiger charge is -2.33. The summed E-state index contributed by atoms with van der Waals surface area (Å²) in [6, 6.07) is 0. The molecule has 0 aromatic heterocycles. The maximum absolute atomic E-state index is 12.0. The number of likely N-dealkylation sites (tertiary alicyclic amines) is 1. The van der Waals surface area contributed by atoms with E-state index >= 15 is 0 Å².